The summed E-state index contributed by atoms with van der Waals surface area (Å²) < 4.78 is 10.8. The molecule has 1 aromatic carbocycles. The minimum atomic E-state index is -2.40. The molecule has 0 amide bonds. The van der Waals surface area contributed by atoms with E-state index in [4.69, 9.17) is 14.6 Å². The average Bonchev–Trinajstić information content (AvgIpc) is 2.63. The molecule has 0 radical (unpaired) electrons. The zero-order chi connectivity index (χ0) is 20.4. The van der Waals surface area contributed by atoms with Gasteiger partial charge in [0.2, 0.25) is 0 Å². The molecule has 6 atom stereocenters. The molecular weight excluding hydrogens is 366 g/mol. The molecule has 1 aliphatic heterocycles. The maximum absolute atomic E-state index is 11.9. The van der Waals surface area contributed by atoms with Crippen molar-refractivity contribution in [1.29, 1.82) is 0 Å². The number of carbonyl (C=O) groups is 1. The fraction of sp³-hybridized carbons (Fsp3) is 0.562. The third-order valence-electron chi connectivity index (χ3n) is 4.50. The zero-order valence-electron chi connectivity index (χ0n) is 14.3. The minimum Gasteiger partial charge on any atom is -0.476 e. The summed E-state index contributed by atoms with van der Waals surface area (Å²) in [7, 11) is 0. The predicted octanol–water partition coefficient (Wildman–Crippen LogP) is -0.746. The van der Waals surface area contributed by atoms with Gasteiger partial charge in [0.1, 0.15) is 18.0 Å². The lowest BCUT2D eigenvalue weighted by Crippen LogP contribution is -2.62. The van der Waals surface area contributed by atoms with Crippen molar-refractivity contribution in [2.24, 2.45) is 5.92 Å². The molecule has 1 heterocycles. The topological polar surface area (TPSA) is 180 Å². The standard InChI is InChI=1S/C16H21NO10/c1-8-11(19)6-16(15(22)23,27-14(8)13(21)12(20)7-18)26-10-4-2-9(3-5-10)17(24)25/h2-5,8,11-14,18-21H,6-7H2,1H3,(H,22,23)/t8-,11-,12-,13-,14?,16-/m1/s1. The van der Waals surface area contributed by atoms with Gasteiger partial charge >= 0.3 is 11.8 Å². The highest BCUT2D eigenvalue weighted by molar-refractivity contribution is 5.76. The zero-order valence-corrected chi connectivity index (χ0v) is 14.3. The number of nitro benzene ring substituents is 1. The van der Waals surface area contributed by atoms with Crippen molar-refractivity contribution < 1.29 is 44.7 Å². The SMILES string of the molecule is C[C@H]1C([C@H](O)[C@H](O)CO)O[C@@](Oc2ccc([N+](=O)[O-])cc2)(C(=O)O)C[C@H]1O. The Morgan fingerprint density at radius 1 is 1.41 bits per heavy atom. The van der Waals surface area contributed by atoms with E-state index in [2.05, 4.69) is 0 Å². The van der Waals surface area contributed by atoms with E-state index in [1.54, 1.807) is 0 Å². The van der Waals surface area contributed by atoms with Crippen LogP contribution in [-0.2, 0) is 9.53 Å². The molecule has 0 spiro atoms. The summed E-state index contributed by atoms with van der Waals surface area (Å²) in [5, 5.41) is 59.4. The average molecular weight is 387 g/mol. The normalized spacial score (nSPS) is 30.3. The molecule has 1 aliphatic rings. The lowest BCUT2D eigenvalue weighted by molar-refractivity contribution is -0.384. The maximum Gasteiger partial charge on any atom is 0.377 e. The molecule has 1 unspecified atom stereocenters. The van der Waals surface area contributed by atoms with Gasteiger partial charge in [0.15, 0.2) is 0 Å². The Bertz CT molecular complexity index is 680. The highest BCUT2D eigenvalue weighted by Crippen LogP contribution is 2.37. The second kappa shape index (κ2) is 8.15. The monoisotopic (exact) mass is 387 g/mol. The molecule has 0 saturated carbocycles. The van der Waals surface area contributed by atoms with E-state index in [9.17, 15) is 35.3 Å². The minimum absolute atomic E-state index is 0.0688. The van der Waals surface area contributed by atoms with Crippen molar-refractivity contribution in [1.82, 2.24) is 0 Å². The Kier molecular flexibility index (Phi) is 6.34. The lowest BCUT2D eigenvalue weighted by Gasteiger charge is -2.45. The Morgan fingerprint density at radius 2 is 2.00 bits per heavy atom. The second-order valence-corrected chi connectivity index (χ2v) is 6.36. The molecule has 2 rings (SSSR count). The third-order valence-corrected chi connectivity index (χ3v) is 4.50. The van der Waals surface area contributed by atoms with Crippen molar-refractivity contribution >= 4 is 11.7 Å². The fourth-order valence-electron chi connectivity index (χ4n) is 2.84. The van der Waals surface area contributed by atoms with E-state index < -0.39 is 60.0 Å². The smallest absolute Gasteiger partial charge is 0.377 e. The van der Waals surface area contributed by atoms with Gasteiger partial charge in [-0.05, 0) is 12.1 Å². The molecule has 0 aromatic heterocycles. The largest absolute Gasteiger partial charge is 0.476 e. The van der Waals surface area contributed by atoms with Crippen LogP contribution in [0.25, 0.3) is 0 Å². The number of carboxylic acids is 1. The Morgan fingerprint density at radius 3 is 2.48 bits per heavy atom. The van der Waals surface area contributed by atoms with Crippen LogP contribution in [-0.4, -0.2) is 73.2 Å². The third kappa shape index (κ3) is 4.34. The first-order valence-corrected chi connectivity index (χ1v) is 8.11. The molecule has 0 aliphatic carbocycles. The summed E-state index contributed by atoms with van der Waals surface area (Å²) in [6.45, 7) is 0.688. The van der Waals surface area contributed by atoms with E-state index in [-0.39, 0.29) is 11.4 Å². The van der Waals surface area contributed by atoms with E-state index >= 15 is 0 Å². The molecule has 150 valence electrons. The van der Waals surface area contributed by atoms with Gasteiger partial charge in [-0.2, -0.15) is 0 Å². The van der Waals surface area contributed by atoms with Gasteiger partial charge in [0, 0.05) is 18.1 Å². The van der Waals surface area contributed by atoms with Crippen LogP contribution in [0.5, 0.6) is 5.75 Å². The number of aliphatic hydroxyl groups excluding tert-OH is 4. The van der Waals surface area contributed by atoms with E-state index in [0.717, 1.165) is 12.1 Å². The number of hydrogen-bond acceptors (Lipinski definition) is 9. The van der Waals surface area contributed by atoms with Crippen molar-refractivity contribution in [3.63, 3.8) is 0 Å². The van der Waals surface area contributed by atoms with Crippen LogP contribution in [0.3, 0.4) is 0 Å². The number of benzene rings is 1. The quantitative estimate of drug-likeness (QED) is 0.295. The molecule has 0 bridgehead atoms. The first-order chi connectivity index (χ1) is 12.6. The number of nitrogens with zero attached hydrogens (tertiary/aromatic N) is 1. The number of ether oxygens (including phenoxy) is 2. The molecule has 11 nitrogen and oxygen atoms in total. The molecule has 1 aromatic rings. The lowest BCUT2D eigenvalue weighted by atomic mass is 9.84. The molecule has 1 fully saturated rings. The first-order valence-electron chi connectivity index (χ1n) is 8.11. The van der Waals surface area contributed by atoms with E-state index in [1.807, 2.05) is 0 Å². The van der Waals surface area contributed by atoms with Crippen molar-refractivity contribution in [3.05, 3.63) is 34.4 Å². The van der Waals surface area contributed by atoms with E-state index in [0.29, 0.717) is 0 Å². The predicted molar refractivity (Wildman–Crippen MR) is 87.9 cm³/mol. The van der Waals surface area contributed by atoms with Gasteiger partial charge in [0.25, 0.3) is 5.69 Å². The van der Waals surface area contributed by atoms with Gasteiger partial charge in [0.05, 0.1) is 30.2 Å². The molecule has 27 heavy (non-hydrogen) atoms. The summed E-state index contributed by atoms with van der Waals surface area (Å²) in [4.78, 5) is 21.9. The van der Waals surface area contributed by atoms with Crippen LogP contribution in [0, 0.1) is 16.0 Å². The number of rotatable bonds is 7. The number of carboxylic acid groups (broad SMARTS) is 1. The van der Waals surface area contributed by atoms with Crippen molar-refractivity contribution in [3.8, 4) is 5.75 Å². The van der Waals surface area contributed by atoms with Crippen molar-refractivity contribution in [2.45, 2.75) is 43.5 Å². The summed E-state index contributed by atoms with van der Waals surface area (Å²) in [5.41, 5.74) is -0.232. The molecular formula is C16H21NO10. The van der Waals surface area contributed by atoms with Crippen molar-refractivity contribution in [2.75, 3.05) is 6.61 Å². The van der Waals surface area contributed by atoms with Gasteiger partial charge in [-0.3, -0.25) is 10.1 Å². The van der Waals surface area contributed by atoms with Gasteiger partial charge in [-0.25, -0.2) is 4.79 Å². The molecule has 11 heteroatoms. The molecule has 5 N–H and O–H groups in total. The summed E-state index contributed by atoms with van der Waals surface area (Å²) >= 11 is 0. The van der Waals surface area contributed by atoms with Crippen LogP contribution >= 0.6 is 0 Å². The number of aliphatic hydroxyl groups is 4. The van der Waals surface area contributed by atoms with Gasteiger partial charge < -0.3 is 35.0 Å². The highest BCUT2D eigenvalue weighted by Gasteiger charge is 2.55. The van der Waals surface area contributed by atoms with Crippen LogP contribution in [0.15, 0.2) is 24.3 Å². The highest BCUT2D eigenvalue weighted by atomic mass is 16.7. The molecule has 1 saturated heterocycles. The summed E-state index contributed by atoms with van der Waals surface area (Å²) in [5.74, 6) is -4.83. The summed E-state index contributed by atoms with van der Waals surface area (Å²) in [6, 6.07) is 4.55. The number of hydrogen-bond donors (Lipinski definition) is 5. The van der Waals surface area contributed by atoms with Crippen LogP contribution < -0.4 is 4.74 Å². The number of nitro groups is 1. The van der Waals surface area contributed by atoms with Crippen LogP contribution in [0.2, 0.25) is 0 Å². The fourth-order valence-corrected chi connectivity index (χ4v) is 2.84. The second-order valence-electron chi connectivity index (χ2n) is 6.36. The number of aliphatic carboxylic acids is 1. The Labute approximate surface area is 153 Å². The Balaban J connectivity index is 2.32. The summed E-state index contributed by atoms with van der Waals surface area (Å²) in [6.07, 6.45) is -6.41. The van der Waals surface area contributed by atoms with E-state index in [1.165, 1.54) is 19.1 Å². The van der Waals surface area contributed by atoms with Crippen LogP contribution in [0.1, 0.15) is 13.3 Å². The van der Waals surface area contributed by atoms with Gasteiger partial charge in [-0.15, -0.1) is 0 Å². The first kappa shape index (κ1) is 21.0. The maximum atomic E-state index is 11.9. The van der Waals surface area contributed by atoms with Gasteiger partial charge in [-0.1, -0.05) is 6.92 Å². The Hall–Kier alpha value is -2.31. The number of non-ortho nitro benzene ring substituents is 1. The van der Waals surface area contributed by atoms with Crippen LogP contribution in [0.4, 0.5) is 5.69 Å².